The van der Waals surface area contributed by atoms with E-state index in [1.165, 1.54) is 29.3 Å². The Balaban J connectivity index is 0.000000774. The zero-order valence-electron chi connectivity index (χ0n) is 12.7. The molecule has 0 fully saturated rings. The molecule has 110 valence electrons. The summed E-state index contributed by atoms with van der Waals surface area (Å²) in [6.07, 6.45) is -0.512. The number of hydrogen-bond donors (Lipinski definition) is 0. The van der Waals surface area contributed by atoms with Gasteiger partial charge in [0.25, 0.3) is 0 Å². The highest BCUT2D eigenvalue weighted by molar-refractivity contribution is 5.78. The molecule has 3 nitrogen and oxygen atoms in total. The minimum atomic E-state index is -0.512. The molecule has 0 bridgehead atoms. The van der Waals surface area contributed by atoms with Gasteiger partial charge in [0, 0.05) is 19.6 Å². The van der Waals surface area contributed by atoms with Gasteiger partial charge in [-0.15, -0.1) is 0 Å². The molecule has 0 heterocycles. The number of hydrogen-bond acceptors (Lipinski definition) is 3. The Morgan fingerprint density at radius 2 is 1.48 bits per heavy atom. The van der Waals surface area contributed by atoms with E-state index in [0.717, 1.165) is 0 Å². The van der Waals surface area contributed by atoms with Gasteiger partial charge >= 0.3 is 0 Å². The van der Waals surface area contributed by atoms with E-state index in [1.807, 2.05) is 38.1 Å². The molecule has 3 rings (SSSR count). The van der Waals surface area contributed by atoms with Crippen LogP contribution in [0.15, 0.2) is 53.5 Å². The molecule has 2 aromatic carbocycles. The molecule has 3 heteroatoms. The number of fused-ring (bicyclic) bond motifs is 3. The molecule has 0 spiro atoms. The average molecular weight is 282 g/mol. The van der Waals surface area contributed by atoms with E-state index in [9.17, 15) is 5.11 Å². The van der Waals surface area contributed by atoms with Crippen LogP contribution in [0.1, 0.15) is 30.9 Å². The SMILES string of the molecule is CC.CN=C([O-])OCC1c2ccccc2-c2ccccc21. The fourth-order valence-corrected chi connectivity index (χ4v) is 2.66. The summed E-state index contributed by atoms with van der Waals surface area (Å²) in [6.45, 7) is 4.34. The lowest BCUT2D eigenvalue weighted by molar-refractivity contribution is -0.250. The van der Waals surface area contributed by atoms with Crippen molar-refractivity contribution >= 4 is 6.08 Å². The van der Waals surface area contributed by atoms with Crippen molar-refractivity contribution in [2.45, 2.75) is 19.8 Å². The first-order chi connectivity index (χ1) is 10.3. The van der Waals surface area contributed by atoms with E-state index in [1.54, 1.807) is 0 Å². The van der Waals surface area contributed by atoms with Gasteiger partial charge in [-0.25, -0.2) is 0 Å². The molecule has 0 aliphatic heterocycles. The monoisotopic (exact) mass is 282 g/mol. The van der Waals surface area contributed by atoms with E-state index in [4.69, 9.17) is 4.74 Å². The maximum atomic E-state index is 11.2. The van der Waals surface area contributed by atoms with Crippen molar-refractivity contribution < 1.29 is 9.84 Å². The predicted molar refractivity (Wildman–Crippen MR) is 84.4 cm³/mol. The van der Waals surface area contributed by atoms with Gasteiger partial charge < -0.3 is 9.84 Å². The van der Waals surface area contributed by atoms with E-state index >= 15 is 0 Å². The Labute approximate surface area is 125 Å². The van der Waals surface area contributed by atoms with Crippen molar-refractivity contribution in [2.75, 3.05) is 13.7 Å². The van der Waals surface area contributed by atoms with Crippen LogP contribution < -0.4 is 5.11 Å². The van der Waals surface area contributed by atoms with Crippen LogP contribution in [-0.4, -0.2) is 19.7 Å². The van der Waals surface area contributed by atoms with Gasteiger partial charge in [0.05, 0.1) is 0 Å². The highest BCUT2D eigenvalue weighted by Crippen LogP contribution is 2.44. The van der Waals surface area contributed by atoms with Gasteiger partial charge in [-0.2, -0.15) is 0 Å². The summed E-state index contributed by atoms with van der Waals surface area (Å²) in [4.78, 5) is 3.50. The third-order valence-electron chi connectivity index (χ3n) is 3.52. The average Bonchev–Trinajstić information content (AvgIpc) is 2.88. The van der Waals surface area contributed by atoms with E-state index in [0.29, 0.717) is 6.61 Å². The third kappa shape index (κ3) is 2.92. The smallest absolute Gasteiger partial charge is 0.145 e. The second kappa shape index (κ2) is 6.93. The number of benzene rings is 2. The predicted octanol–water partition coefficient (Wildman–Crippen LogP) is 3.19. The van der Waals surface area contributed by atoms with Crippen LogP contribution in [0.3, 0.4) is 0 Å². The number of rotatable bonds is 2. The minimum Gasteiger partial charge on any atom is -0.599 e. The van der Waals surface area contributed by atoms with E-state index in [-0.39, 0.29) is 5.92 Å². The fraction of sp³-hybridized carbons (Fsp3) is 0.278. The lowest BCUT2D eigenvalue weighted by atomic mass is 9.98. The van der Waals surface area contributed by atoms with Crippen LogP contribution in [0.25, 0.3) is 11.1 Å². The lowest BCUT2D eigenvalue weighted by Gasteiger charge is -2.20. The quantitative estimate of drug-likeness (QED) is 0.627. The van der Waals surface area contributed by atoms with Crippen LogP contribution in [0, 0.1) is 0 Å². The Kier molecular flexibility index (Phi) is 4.99. The van der Waals surface area contributed by atoms with Crippen molar-refractivity contribution in [1.82, 2.24) is 0 Å². The van der Waals surface area contributed by atoms with E-state index < -0.39 is 6.08 Å². The summed E-state index contributed by atoms with van der Waals surface area (Å²) < 4.78 is 5.18. The highest BCUT2D eigenvalue weighted by atomic mass is 16.6. The van der Waals surface area contributed by atoms with E-state index in [2.05, 4.69) is 29.3 Å². The molecular weight excluding hydrogens is 262 g/mol. The standard InChI is InChI=1S/C16H15NO2.C2H6/c1-17-16(18)19-10-15-13-8-4-2-6-11(13)12-7-3-5-9-14(12)15;1-2/h2-9,15H,10H2,1H3,(H,17,18);1-2H3/p-1. The Morgan fingerprint density at radius 3 is 1.95 bits per heavy atom. The highest BCUT2D eigenvalue weighted by Gasteiger charge is 2.26. The maximum absolute atomic E-state index is 11.2. The summed E-state index contributed by atoms with van der Waals surface area (Å²) in [7, 11) is 1.44. The second-order valence-electron chi connectivity index (χ2n) is 4.53. The van der Waals surface area contributed by atoms with Crippen LogP contribution in [0.4, 0.5) is 0 Å². The number of aliphatic imine (C=N–C) groups is 1. The van der Waals surface area contributed by atoms with Crippen LogP contribution in [0.5, 0.6) is 0 Å². The van der Waals surface area contributed by atoms with Crippen LogP contribution in [0.2, 0.25) is 0 Å². The normalized spacial score (nSPS) is 13.0. The molecule has 0 amide bonds. The Hall–Kier alpha value is -2.29. The van der Waals surface area contributed by atoms with Crippen LogP contribution >= 0.6 is 0 Å². The molecular formula is C18H20NO2-. The summed E-state index contributed by atoms with van der Waals surface area (Å²) in [5.74, 6) is 0.109. The molecule has 0 N–H and O–H groups in total. The molecule has 0 aromatic heterocycles. The molecule has 0 unspecified atom stereocenters. The van der Waals surface area contributed by atoms with Gasteiger partial charge in [0.2, 0.25) is 0 Å². The third-order valence-corrected chi connectivity index (χ3v) is 3.52. The zero-order valence-corrected chi connectivity index (χ0v) is 12.7. The summed E-state index contributed by atoms with van der Waals surface area (Å²) >= 11 is 0. The molecule has 0 radical (unpaired) electrons. The molecule has 1 aliphatic rings. The zero-order chi connectivity index (χ0) is 15.2. The first-order valence-corrected chi connectivity index (χ1v) is 7.26. The molecule has 0 saturated carbocycles. The molecule has 0 saturated heterocycles. The number of nitrogens with zero attached hydrogens (tertiary/aromatic N) is 1. The number of ether oxygens (including phenoxy) is 1. The maximum Gasteiger partial charge on any atom is 0.145 e. The topological polar surface area (TPSA) is 44.7 Å². The van der Waals surface area contributed by atoms with Crippen molar-refractivity contribution in [3.8, 4) is 11.1 Å². The molecule has 1 aliphatic carbocycles. The van der Waals surface area contributed by atoms with Gasteiger partial charge in [0.15, 0.2) is 0 Å². The summed E-state index contributed by atoms with van der Waals surface area (Å²) in [5.41, 5.74) is 4.89. The fourth-order valence-electron chi connectivity index (χ4n) is 2.66. The molecule has 21 heavy (non-hydrogen) atoms. The van der Waals surface area contributed by atoms with Crippen LogP contribution in [-0.2, 0) is 4.74 Å². The Bertz CT molecular complexity index is 589. The second-order valence-corrected chi connectivity index (χ2v) is 4.53. The summed E-state index contributed by atoms with van der Waals surface area (Å²) in [5, 5.41) is 11.2. The van der Waals surface area contributed by atoms with Gasteiger partial charge in [0.1, 0.15) is 6.08 Å². The molecule has 2 aromatic rings. The van der Waals surface area contributed by atoms with Gasteiger partial charge in [-0.3, -0.25) is 4.99 Å². The van der Waals surface area contributed by atoms with Crippen molar-refractivity contribution in [1.29, 1.82) is 0 Å². The molecule has 0 atom stereocenters. The minimum absolute atomic E-state index is 0.109. The summed E-state index contributed by atoms with van der Waals surface area (Å²) in [6, 6.07) is 16.5. The van der Waals surface area contributed by atoms with Gasteiger partial charge in [-0.1, -0.05) is 62.4 Å². The first-order valence-electron chi connectivity index (χ1n) is 7.26. The Morgan fingerprint density at radius 1 is 1.00 bits per heavy atom. The van der Waals surface area contributed by atoms with Gasteiger partial charge in [-0.05, 0) is 22.3 Å². The van der Waals surface area contributed by atoms with Crippen molar-refractivity contribution in [3.63, 3.8) is 0 Å². The first kappa shape index (κ1) is 15.1. The van der Waals surface area contributed by atoms with Crippen molar-refractivity contribution in [3.05, 3.63) is 59.7 Å². The van der Waals surface area contributed by atoms with Crippen molar-refractivity contribution in [2.24, 2.45) is 4.99 Å². The largest absolute Gasteiger partial charge is 0.599 e. The lowest BCUT2D eigenvalue weighted by Crippen LogP contribution is -2.23.